The fourth-order valence-electron chi connectivity index (χ4n) is 5.23. The van der Waals surface area contributed by atoms with Gasteiger partial charge in [0.25, 0.3) is 0 Å². The van der Waals surface area contributed by atoms with Gasteiger partial charge in [-0.15, -0.1) is 12.3 Å². The van der Waals surface area contributed by atoms with Crippen LogP contribution in [0.4, 0.5) is 17.6 Å². The largest absolute Gasteiger partial charge is 0.497 e. The first-order valence-corrected chi connectivity index (χ1v) is 28.2. The van der Waals surface area contributed by atoms with Gasteiger partial charge in [-0.2, -0.15) is 0 Å². The van der Waals surface area contributed by atoms with Gasteiger partial charge >= 0.3 is 0 Å². The summed E-state index contributed by atoms with van der Waals surface area (Å²) in [6.07, 6.45) is 5.88. The lowest BCUT2D eigenvalue weighted by atomic mass is 10.1. The second kappa shape index (κ2) is 44.1. The quantitative estimate of drug-likeness (QED) is 0.130. The highest BCUT2D eigenvalue weighted by Crippen LogP contribution is 2.22. The van der Waals surface area contributed by atoms with Gasteiger partial charge in [0, 0.05) is 80.3 Å². The highest BCUT2D eigenvalue weighted by atomic mass is 35.5. The van der Waals surface area contributed by atoms with Gasteiger partial charge in [0.1, 0.15) is 11.6 Å². The Labute approximate surface area is 511 Å². The lowest BCUT2D eigenvalue weighted by Crippen LogP contribution is -1.88. The first-order valence-electron chi connectivity index (χ1n) is 27.1. The van der Waals surface area contributed by atoms with Crippen molar-refractivity contribution < 1.29 is 27.0 Å². The average molecular weight is 1180 g/mol. The Hall–Kier alpha value is -7.57. The Balaban J connectivity index is 0.000000954. The van der Waals surface area contributed by atoms with Crippen LogP contribution in [0.5, 0.6) is 11.5 Å². The number of rotatable bonds is 3. The predicted octanol–water partition coefficient (Wildman–Crippen LogP) is 20.4. The van der Waals surface area contributed by atoms with Gasteiger partial charge in [-0.25, -0.2) is 17.6 Å². The normalized spacial score (nSPS) is 9.36. The number of terminal acetylenes is 1. The summed E-state index contributed by atoms with van der Waals surface area (Å²) in [5.41, 5.74) is 5.01. The summed E-state index contributed by atoms with van der Waals surface area (Å²) in [5, 5.41) is 1.87. The zero-order valence-electron chi connectivity index (χ0n) is 50.9. The summed E-state index contributed by atoms with van der Waals surface area (Å²) in [6.45, 7) is 28.5. The van der Waals surface area contributed by atoms with Crippen LogP contribution in [0.15, 0.2) is 127 Å². The molecule has 6 aromatic carbocycles. The van der Waals surface area contributed by atoms with Crippen molar-refractivity contribution in [1.82, 2.24) is 0 Å². The first kappa shape index (κ1) is 75.4. The van der Waals surface area contributed by atoms with Gasteiger partial charge in [-0.05, 0) is 133 Å². The molecule has 0 spiro atoms. The number of ether oxygens (including phenoxy) is 2. The fourth-order valence-corrected chi connectivity index (χ4v) is 5.66. The maximum absolute atomic E-state index is 13.2. The van der Waals surface area contributed by atoms with E-state index in [9.17, 15) is 17.6 Å². The van der Waals surface area contributed by atoms with E-state index in [1.807, 2.05) is 110 Å². The molecule has 0 unspecified atom stereocenters. The summed E-state index contributed by atoms with van der Waals surface area (Å²) in [6, 6.07) is 35.3. The van der Waals surface area contributed by atoms with E-state index in [-0.39, 0.29) is 23.3 Å². The van der Waals surface area contributed by atoms with Crippen LogP contribution < -0.4 is 9.47 Å². The molecule has 83 heavy (non-hydrogen) atoms. The third-order valence-corrected chi connectivity index (χ3v) is 10.3. The van der Waals surface area contributed by atoms with Crippen LogP contribution in [0.1, 0.15) is 137 Å². The molecular weight excluding hydrogens is 1100 g/mol. The van der Waals surface area contributed by atoms with E-state index in [1.54, 1.807) is 43.5 Å². The van der Waals surface area contributed by atoms with Crippen molar-refractivity contribution in [2.45, 2.75) is 103 Å². The standard InChI is InChI=1S/C12H13FO.C12H14O.C11H10Cl2.C11H11Cl.C11H10F2.C11H11F.C6H10/c1-9(2)4-5-10-6-7-12(14-3)11(13)8-10;1-10(2)4-5-11-6-8-12(13-3)9-7-11;1-8(2)3-4-9-5-6-10(12)11(13)7-9;1-9(2)3-4-10-5-7-11(12)8-6-10;1-8(2)3-4-9-5-6-10(12)11(13)7-9;1-9(2)3-4-10-5-7-11(12)8-6-10;1-4-5-6(2)3/h6-9H,1-3H3;6-10H,1-3H3;5-8H,1-2H3;5-9H,1-2H3;5-8H,1-2H3;5-9H,1-2H3;1,6H,5H2,2-3H3. The molecule has 2 nitrogen and oxygen atoms in total. The summed E-state index contributed by atoms with van der Waals surface area (Å²) in [4.78, 5) is 0. The Morgan fingerprint density at radius 1 is 0.373 bits per heavy atom. The highest BCUT2D eigenvalue weighted by Gasteiger charge is 2.02. The lowest BCUT2D eigenvalue weighted by Gasteiger charge is -2.00. The molecule has 6 aromatic rings. The molecule has 0 saturated heterocycles. The van der Waals surface area contributed by atoms with Crippen LogP contribution in [-0.2, 0) is 0 Å². The van der Waals surface area contributed by atoms with Crippen molar-refractivity contribution in [3.8, 4) is 94.9 Å². The van der Waals surface area contributed by atoms with E-state index in [4.69, 9.17) is 50.7 Å². The molecule has 0 fully saturated rings. The van der Waals surface area contributed by atoms with Gasteiger partial charge < -0.3 is 9.47 Å². The Morgan fingerprint density at radius 3 is 1.04 bits per heavy atom. The maximum atomic E-state index is 13.2. The van der Waals surface area contributed by atoms with Crippen LogP contribution in [0.25, 0.3) is 0 Å². The van der Waals surface area contributed by atoms with Crippen molar-refractivity contribution in [2.75, 3.05) is 14.2 Å². The summed E-state index contributed by atoms with van der Waals surface area (Å²) in [5.74, 6) is 40.0. The molecule has 0 bridgehead atoms. The van der Waals surface area contributed by atoms with E-state index in [1.165, 1.54) is 31.4 Å². The molecule has 0 aliphatic carbocycles. The van der Waals surface area contributed by atoms with Gasteiger partial charge in [0.2, 0.25) is 0 Å². The van der Waals surface area contributed by atoms with Crippen LogP contribution in [0, 0.1) is 148 Å². The minimum absolute atomic E-state index is 0.218. The molecule has 0 N–H and O–H groups in total. The molecule has 0 atom stereocenters. The van der Waals surface area contributed by atoms with Gasteiger partial charge in [-0.1, -0.05) is 203 Å². The Morgan fingerprint density at radius 2 is 0.711 bits per heavy atom. The summed E-state index contributed by atoms with van der Waals surface area (Å²) >= 11 is 17.3. The van der Waals surface area contributed by atoms with E-state index in [0.717, 1.165) is 51.6 Å². The average Bonchev–Trinajstić information content (AvgIpc) is 3.46. The minimum Gasteiger partial charge on any atom is -0.497 e. The smallest absolute Gasteiger partial charge is 0.166 e. The van der Waals surface area contributed by atoms with Crippen molar-refractivity contribution >= 4 is 34.8 Å². The van der Waals surface area contributed by atoms with E-state index in [0.29, 0.717) is 56.7 Å². The monoisotopic (exact) mass is 1180 g/mol. The zero-order chi connectivity index (χ0) is 62.9. The lowest BCUT2D eigenvalue weighted by molar-refractivity contribution is 0.386. The molecule has 0 saturated carbocycles. The topological polar surface area (TPSA) is 18.5 Å². The molecule has 0 aliphatic heterocycles. The van der Waals surface area contributed by atoms with E-state index < -0.39 is 11.6 Å². The van der Waals surface area contributed by atoms with Crippen molar-refractivity contribution in [3.05, 3.63) is 199 Å². The molecule has 0 aromatic heterocycles. The number of hydrogen-bond donors (Lipinski definition) is 0. The van der Waals surface area contributed by atoms with E-state index >= 15 is 0 Å². The molecule has 6 rings (SSSR count). The molecule has 0 heterocycles. The highest BCUT2D eigenvalue weighted by molar-refractivity contribution is 6.42. The van der Waals surface area contributed by atoms with E-state index in [2.05, 4.69) is 119 Å². The molecular formula is C74H79Cl3F4O2. The predicted molar refractivity (Wildman–Crippen MR) is 345 cm³/mol. The van der Waals surface area contributed by atoms with Crippen LogP contribution in [0.3, 0.4) is 0 Å². The van der Waals surface area contributed by atoms with Gasteiger partial charge in [-0.3, -0.25) is 0 Å². The molecule has 0 aliphatic rings. The third kappa shape index (κ3) is 40.3. The Kier molecular flexibility index (Phi) is 40.0. The molecule has 0 radical (unpaired) electrons. The molecule has 436 valence electrons. The number of hydrogen-bond acceptors (Lipinski definition) is 2. The minimum atomic E-state index is -0.851. The second-order valence-electron chi connectivity index (χ2n) is 20.2. The van der Waals surface area contributed by atoms with Gasteiger partial charge in [0.15, 0.2) is 23.2 Å². The van der Waals surface area contributed by atoms with Crippen molar-refractivity contribution in [3.63, 3.8) is 0 Å². The summed E-state index contributed by atoms with van der Waals surface area (Å²) < 4.78 is 60.6. The second-order valence-corrected chi connectivity index (χ2v) is 21.4. The zero-order valence-corrected chi connectivity index (χ0v) is 53.2. The van der Waals surface area contributed by atoms with Crippen molar-refractivity contribution in [1.29, 1.82) is 0 Å². The fraction of sp³-hybridized carbons (Fsp3) is 0.324. The Bertz CT molecular complexity index is 3140. The van der Waals surface area contributed by atoms with Crippen LogP contribution >= 0.6 is 34.8 Å². The van der Waals surface area contributed by atoms with Crippen LogP contribution in [0.2, 0.25) is 15.1 Å². The SMILES string of the molecule is C#CCC(C)C.CC(C)C#Cc1ccc(Cl)c(Cl)c1.CC(C)C#Cc1ccc(Cl)cc1.CC(C)C#Cc1ccc(F)c(F)c1.CC(C)C#Cc1ccc(F)cc1.COc1ccc(C#CC(C)C)cc1.COc1ccc(C#CC(C)C)cc1F. The van der Waals surface area contributed by atoms with Gasteiger partial charge in [0.05, 0.1) is 24.3 Å². The number of benzene rings is 6. The third-order valence-electron chi connectivity index (χ3n) is 9.33. The number of halogens is 7. The molecule has 0 amide bonds. The first-order chi connectivity index (χ1) is 39.2. The maximum Gasteiger partial charge on any atom is 0.166 e. The van der Waals surface area contributed by atoms with Crippen molar-refractivity contribution in [2.24, 2.45) is 41.4 Å². The van der Waals surface area contributed by atoms with Crippen LogP contribution in [-0.4, -0.2) is 14.2 Å². The number of methoxy groups -OCH3 is 2. The summed E-state index contributed by atoms with van der Waals surface area (Å²) in [7, 11) is 3.10. The molecule has 9 heteroatoms.